The monoisotopic (exact) mass is 319 g/mol. The van der Waals surface area contributed by atoms with Gasteiger partial charge in [-0.05, 0) is 39.0 Å². The zero-order valence-electron chi connectivity index (χ0n) is 8.08. The van der Waals surface area contributed by atoms with Crippen molar-refractivity contribution in [3.05, 3.63) is 55.4 Å². The first-order valence-corrected chi connectivity index (χ1v) is 6.63. The molecule has 1 heterocycles. The molecule has 2 aromatic rings. The molecule has 2 N–H and O–H groups in total. The van der Waals surface area contributed by atoms with Crippen molar-refractivity contribution in [1.82, 2.24) is 0 Å². The summed E-state index contributed by atoms with van der Waals surface area (Å²) in [7, 11) is 0. The van der Waals surface area contributed by atoms with Gasteiger partial charge in [-0.1, -0.05) is 17.7 Å². The van der Waals surface area contributed by atoms with Crippen LogP contribution in [0.2, 0.25) is 5.02 Å². The number of benzene rings is 1. The van der Waals surface area contributed by atoms with Crippen LogP contribution in [-0.2, 0) is 0 Å². The van der Waals surface area contributed by atoms with Crippen LogP contribution in [0.3, 0.4) is 0 Å². The number of halogens is 3. The molecule has 84 valence electrons. The second-order valence-corrected chi connectivity index (χ2v) is 5.35. The Morgan fingerprint density at radius 1 is 1.31 bits per heavy atom. The highest BCUT2D eigenvalue weighted by Crippen LogP contribution is 2.31. The molecule has 0 saturated heterocycles. The minimum Gasteiger partial charge on any atom is -0.320 e. The van der Waals surface area contributed by atoms with Crippen molar-refractivity contribution < 1.29 is 4.39 Å². The first-order chi connectivity index (χ1) is 7.59. The lowest BCUT2D eigenvalue weighted by Crippen LogP contribution is -2.13. The standard InChI is InChI=1S/C11H8BrClFNS/c12-9-5-16-4-8(9)11(15)7-2-1-6(13)3-10(7)14/h1-5,11H,15H2. The van der Waals surface area contributed by atoms with Crippen LogP contribution in [0.4, 0.5) is 4.39 Å². The van der Waals surface area contributed by atoms with E-state index in [2.05, 4.69) is 15.9 Å². The molecule has 16 heavy (non-hydrogen) atoms. The Hall–Kier alpha value is -0.420. The van der Waals surface area contributed by atoms with Gasteiger partial charge in [-0.25, -0.2) is 4.39 Å². The molecule has 2 rings (SSSR count). The van der Waals surface area contributed by atoms with E-state index in [1.807, 2.05) is 10.8 Å². The zero-order chi connectivity index (χ0) is 11.7. The summed E-state index contributed by atoms with van der Waals surface area (Å²) in [6.45, 7) is 0. The van der Waals surface area contributed by atoms with E-state index in [9.17, 15) is 4.39 Å². The number of thiophene rings is 1. The summed E-state index contributed by atoms with van der Waals surface area (Å²) in [6.07, 6.45) is 0. The van der Waals surface area contributed by atoms with E-state index < -0.39 is 6.04 Å². The first-order valence-electron chi connectivity index (χ1n) is 4.51. The highest BCUT2D eigenvalue weighted by atomic mass is 79.9. The topological polar surface area (TPSA) is 26.0 Å². The minimum absolute atomic E-state index is 0.373. The van der Waals surface area contributed by atoms with Gasteiger partial charge in [-0.2, -0.15) is 11.3 Å². The van der Waals surface area contributed by atoms with Crippen molar-refractivity contribution >= 4 is 38.9 Å². The van der Waals surface area contributed by atoms with Gasteiger partial charge in [-0.3, -0.25) is 0 Å². The molecular formula is C11H8BrClFNS. The Labute approximate surface area is 110 Å². The number of nitrogens with two attached hydrogens (primary N) is 1. The molecule has 0 spiro atoms. The average Bonchev–Trinajstić information content (AvgIpc) is 2.63. The first kappa shape index (κ1) is 12.0. The van der Waals surface area contributed by atoms with Crippen LogP contribution >= 0.6 is 38.9 Å². The van der Waals surface area contributed by atoms with Crippen molar-refractivity contribution in [1.29, 1.82) is 0 Å². The summed E-state index contributed by atoms with van der Waals surface area (Å²) in [5, 5.41) is 4.20. The SMILES string of the molecule is NC(c1ccc(Cl)cc1F)c1cscc1Br. The molecule has 0 aliphatic carbocycles. The van der Waals surface area contributed by atoms with E-state index in [1.54, 1.807) is 12.1 Å². The molecule has 5 heteroatoms. The molecular weight excluding hydrogens is 313 g/mol. The molecule has 0 saturated carbocycles. The molecule has 1 aromatic carbocycles. The normalized spacial score (nSPS) is 12.8. The van der Waals surface area contributed by atoms with Crippen LogP contribution in [-0.4, -0.2) is 0 Å². The van der Waals surface area contributed by atoms with Gasteiger partial charge >= 0.3 is 0 Å². The van der Waals surface area contributed by atoms with Crippen LogP contribution in [0.15, 0.2) is 33.4 Å². The predicted octanol–water partition coefficient (Wildman–Crippen LogP) is 4.35. The van der Waals surface area contributed by atoms with Gasteiger partial charge in [0, 0.05) is 20.4 Å². The maximum absolute atomic E-state index is 13.6. The van der Waals surface area contributed by atoms with Gasteiger partial charge in [-0.15, -0.1) is 0 Å². The van der Waals surface area contributed by atoms with Crippen LogP contribution in [0, 0.1) is 5.82 Å². The maximum Gasteiger partial charge on any atom is 0.129 e. The van der Waals surface area contributed by atoms with E-state index in [0.29, 0.717) is 10.6 Å². The third-order valence-electron chi connectivity index (χ3n) is 2.27. The number of rotatable bonds is 2. The second kappa shape index (κ2) is 4.84. The molecule has 1 atom stereocenters. The van der Waals surface area contributed by atoms with Gasteiger partial charge in [0.1, 0.15) is 5.82 Å². The van der Waals surface area contributed by atoms with Crippen molar-refractivity contribution in [3.63, 3.8) is 0 Å². The maximum atomic E-state index is 13.6. The summed E-state index contributed by atoms with van der Waals surface area (Å²) >= 11 is 10.6. The van der Waals surface area contributed by atoms with E-state index in [1.165, 1.54) is 17.4 Å². The summed E-state index contributed by atoms with van der Waals surface area (Å²) < 4.78 is 14.6. The number of hydrogen-bond donors (Lipinski definition) is 1. The fraction of sp³-hybridized carbons (Fsp3) is 0.0909. The van der Waals surface area contributed by atoms with Crippen molar-refractivity contribution in [3.8, 4) is 0 Å². The second-order valence-electron chi connectivity index (χ2n) is 3.32. The Balaban J connectivity index is 2.41. The fourth-order valence-corrected chi connectivity index (χ4v) is 3.17. The summed E-state index contributed by atoms with van der Waals surface area (Å²) in [5.41, 5.74) is 7.33. The molecule has 1 nitrogen and oxygen atoms in total. The van der Waals surface area contributed by atoms with E-state index in [4.69, 9.17) is 17.3 Å². The lowest BCUT2D eigenvalue weighted by molar-refractivity contribution is 0.600. The molecule has 0 amide bonds. The molecule has 0 bridgehead atoms. The smallest absolute Gasteiger partial charge is 0.129 e. The Kier molecular flexibility index (Phi) is 3.64. The van der Waals surface area contributed by atoms with Crippen LogP contribution < -0.4 is 5.73 Å². The highest BCUT2D eigenvalue weighted by Gasteiger charge is 2.16. The van der Waals surface area contributed by atoms with Gasteiger partial charge < -0.3 is 5.73 Å². The van der Waals surface area contributed by atoms with Crippen molar-refractivity contribution in [2.75, 3.05) is 0 Å². The van der Waals surface area contributed by atoms with Crippen molar-refractivity contribution in [2.45, 2.75) is 6.04 Å². The Morgan fingerprint density at radius 2 is 2.06 bits per heavy atom. The van der Waals surface area contributed by atoms with Crippen LogP contribution in [0.1, 0.15) is 17.2 Å². The Bertz CT molecular complexity index is 514. The number of hydrogen-bond acceptors (Lipinski definition) is 2. The van der Waals surface area contributed by atoms with Crippen LogP contribution in [0.25, 0.3) is 0 Å². The fourth-order valence-electron chi connectivity index (χ4n) is 1.43. The van der Waals surface area contributed by atoms with E-state index in [-0.39, 0.29) is 5.82 Å². The van der Waals surface area contributed by atoms with Crippen LogP contribution in [0.5, 0.6) is 0 Å². The van der Waals surface area contributed by atoms with Crippen molar-refractivity contribution in [2.24, 2.45) is 5.73 Å². The molecule has 0 aliphatic rings. The molecule has 1 unspecified atom stereocenters. The van der Waals surface area contributed by atoms with Gasteiger partial charge in [0.2, 0.25) is 0 Å². The Morgan fingerprint density at radius 3 is 2.62 bits per heavy atom. The summed E-state index contributed by atoms with van der Waals surface area (Å²) in [6, 6.07) is 4.06. The molecule has 0 fully saturated rings. The zero-order valence-corrected chi connectivity index (χ0v) is 11.2. The third-order valence-corrected chi connectivity index (χ3v) is 4.26. The minimum atomic E-state index is -0.474. The van der Waals surface area contributed by atoms with E-state index >= 15 is 0 Å². The van der Waals surface area contributed by atoms with E-state index in [0.717, 1.165) is 10.0 Å². The highest BCUT2D eigenvalue weighted by molar-refractivity contribution is 9.10. The summed E-state index contributed by atoms with van der Waals surface area (Å²) in [4.78, 5) is 0. The summed E-state index contributed by atoms with van der Waals surface area (Å²) in [5.74, 6) is -0.377. The molecule has 1 aromatic heterocycles. The quantitative estimate of drug-likeness (QED) is 0.874. The molecule has 0 radical (unpaired) electrons. The average molecular weight is 321 g/mol. The largest absolute Gasteiger partial charge is 0.320 e. The van der Waals surface area contributed by atoms with Gasteiger partial charge in [0.05, 0.1) is 6.04 Å². The lowest BCUT2D eigenvalue weighted by atomic mass is 10.0. The third kappa shape index (κ3) is 2.30. The molecule has 0 aliphatic heterocycles. The predicted molar refractivity (Wildman–Crippen MR) is 69.5 cm³/mol. The van der Waals surface area contributed by atoms with Gasteiger partial charge in [0.25, 0.3) is 0 Å². The van der Waals surface area contributed by atoms with Gasteiger partial charge in [0.15, 0.2) is 0 Å². The lowest BCUT2D eigenvalue weighted by Gasteiger charge is -2.12.